The molecular weight excluding hydrogens is 230 g/mol. The van der Waals surface area contributed by atoms with Crippen LogP contribution in [0.1, 0.15) is 10.4 Å². The maximum absolute atomic E-state index is 11.4. The lowest BCUT2D eigenvalue weighted by Crippen LogP contribution is -2.55. The number of rotatable bonds is 3. The van der Waals surface area contributed by atoms with Gasteiger partial charge in [-0.2, -0.15) is 0 Å². The van der Waals surface area contributed by atoms with E-state index in [1.807, 2.05) is 0 Å². The third-order valence-corrected chi connectivity index (χ3v) is 3.28. The molecule has 2 rings (SSSR count). The summed E-state index contributed by atoms with van der Waals surface area (Å²) in [5.41, 5.74) is 11.7. The Morgan fingerprint density at radius 1 is 1.56 bits per heavy atom. The maximum atomic E-state index is 11.4. The van der Waals surface area contributed by atoms with E-state index >= 15 is 0 Å². The molecule has 1 unspecified atom stereocenters. The summed E-state index contributed by atoms with van der Waals surface area (Å²) in [7, 11) is 2.06. The number of carbonyl (C=O) groups excluding carboxylic acids is 1. The van der Waals surface area contributed by atoms with Crippen LogP contribution >= 0.6 is 0 Å². The van der Waals surface area contributed by atoms with Crippen LogP contribution < -0.4 is 16.4 Å². The van der Waals surface area contributed by atoms with Crippen LogP contribution in [0, 0.1) is 0 Å². The smallest absolute Gasteiger partial charge is 0.252 e. The highest BCUT2D eigenvalue weighted by Crippen LogP contribution is 2.21. The van der Waals surface area contributed by atoms with E-state index in [0.717, 1.165) is 19.6 Å². The zero-order valence-corrected chi connectivity index (χ0v) is 10.5. The Labute approximate surface area is 107 Å². The second kappa shape index (κ2) is 5.32. The van der Waals surface area contributed by atoms with Crippen LogP contribution in [0.25, 0.3) is 0 Å². The highest BCUT2D eigenvalue weighted by atomic mass is 16.1. The fraction of sp³-hybridized carbons (Fsp3) is 0.500. The minimum absolute atomic E-state index is 0.164. The van der Waals surface area contributed by atoms with E-state index in [1.54, 1.807) is 18.3 Å². The summed E-state index contributed by atoms with van der Waals surface area (Å²) in [5.74, 6) is 0.196. The molecule has 1 amide bonds. The Balaban J connectivity index is 2.32. The highest BCUT2D eigenvalue weighted by molar-refractivity contribution is 5.97. The summed E-state index contributed by atoms with van der Waals surface area (Å²) in [6.45, 7) is 3.12. The van der Waals surface area contributed by atoms with Gasteiger partial charge in [0.05, 0.1) is 11.6 Å². The first kappa shape index (κ1) is 12.8. The number of hydrogen-bond acceptors (Lipinski definition) is 5. The van der Waals surface area contributed by atoms with Crippen molar-refractivity contribution in [1.29, 1.82) is 0 Å². The largest absolute Gasteiger partial charge is 0.365 e. The Kier molecular flexibility index (Phi) is 3.78. The highest BCUT2D eigenvalue weighted by Gasteiger charge is 2.27. The first-order chi connectivity index (χ1) is 8.63. The van der Waals surface area contributed by atoms with Crippen molar-refractivity contribution in [1.82, 2.24) is 9.88 Å². The molecule has 0 spiro atoms. The molecule has 98 valence electrons. The van der Waals surface area contributed by atoms with Gasteiger partial charge in [0.1, 0.15) is 5.82 Å². The van der Waals surface area contributed by atoms with Crippen LogP contribution in [0.4, 0.5) is 5.82 Å². The molecule has 2 heterocycles. The molecule has 0 bridgehead atoms. The van der Waals surface area contributed by atoms with E-state index in [2.05, 4.69) is 21.8 Å². The molecule has 1 aliphatic heterocycles. The van der Waals surface area contributed by atoms with Gasteiger partial charge < -0.3 is 21.3 Å². The van der Waals surface area contributed by atoms with Gasteiger partial charge in [0.15, 0.2) is 0 Å². The Morgan fingerprint density at radius 3 is 3.00 bits per heavy atom. The third-order valence-electron chi connectivity index (χ3n) is 3.28. The number of anilines is 1. The number of nitrogens with zero attached hydrogens (tertiary/aromatic N) is 3. The molecule has 6 nitrogen and oxygen atoms in total. The Hall–Kier alpha value is -1.66. The molecule has 1 aliphatic rings. The quantitative estimate of drug-likeness (QED) is 0.736. The van der Waals surface area contributed by atoms with Gasteiger partial charge in [0, 0.05) is 32.4 Å². The van der Waals surface area contributed by atoms with E-state index in [-0.39, 0.29) is 6.04 Å². The fourth-order valence-corrected chi connectivity index (χ4v) is 2.31. The second-order valence-corrected chi connectivity index (χ2v) is 4.58. The minimum Gasteiger partial charge on any atom is -0.365 e. The molecule has 18 heavy (non-hydrogen) atoms. The van der Waals surface area contributed by atoms with E-state index in [9.17, 15) is 4.79 Å². The molecule has 1 atom stereocenters. The Bertz CT molecular complexity index is 436. The van der Waals surface area contributed by atoms with Gasteiger partial charge in [-0.15, -0.1) is 0 Å². The van der Waals surface area contributed by atoms with Crippen LogP contribution in [0.3, 0.4) is 0 Å². The lowest BCUT2D eigenvalue weighted by molar-refractivity contribution is 0.1000. The number of nitrogens with two attached hydrogens (primary N) is 2. The number of pyridine rings is 1. The molecular formula is C12H19N5O. The van der Waals surface area contributed by atoms with Crippen molar-refractivity contribution in [2.24, 2.45) is 11.5 Å². The monoisotopic (exact) mass is 249 g/mol. The molecule has 0 radical (unpaired) electrons. The maximum Gasteiger partial charge on any atom is 0.252 e. The van der Waals surface area contributed by atoms with Gasteiger partial charge in [-0.1, -0.05) is 0 Å². The van der Waals surface area contributed by atoms with Gasteiger partial charge in [0.2, 0.25) is 0 Å². The van der Waals surface area contributed by atoms with Crippen LogP contribution in [0.5, 0.6) is 0 Å². The predicted octanol–water partition coefficient (Wildman–Crippen LogP) is -0.740. The number of primary amides is 1. The number of hydrogen-bond donors (Lipinski definition) is 2. The SMILES string of the molecule is CN1CCN(c2ncccc2C(N)=O)C(CN)C1. The van der Waals surface area contributed by atoms with Crippen molar-refractivity contribution in [2.75, 3.05) is 38.1 Å². The van der Waals surface area contributed by atoms with Crippen LogP contribution in [0.2, 0.25) is 0 Å². The van der Waals surface area contributed by atoms with Crippen molar-refractivity contribution < 1.29 is 4.79 Å². The molecule has 0 saturated carbocycles. The standard InChI is InChI=1S/C12H19N5O/c1-16-5-6-17(9(7-13)8-16)12-10(11(14)18)3-2-4-15-12/h2-4,9H,5-8,13H2,1H3,(H2,14,18). The number of aromatic nitrogens is 1. The number of likely N-dealkylation sites (N-methyl/N-ethyl adjacent to an activating group) is 1. The molecule has 6 heteroatoms. The van der Waals surface area contributed by atoms with Crippen LogP contribution in [-0.4, -0.2) is 55.1 Å². The van der Waals surface area contributed by atoms with Gasteiger partial charge in [-0.3, -0.25) is 4.79 Å². The number of piperazine rings is 1. The normalized spacial score (nSPS) is 21.0. The van der Waals surface area contributed by atoms with Crippen molar-refractivity contribution in [3.8, 4) is 0 Å². The van der Waals surface area contributed by atoms with Crippen molar-refractivity contribution in [3.63, 3.8) is 0 Å². The fourth-order valence-electron chi connectivity index (χ4n) is 2.31. The zero-order valence-electron chi connectivity index (χ0n) is 10.5. The van der Waals surface area contributed by atoms with Gasteiger partial charge >= 0.3 is 0 Å². The number of amides is 1. The van der Waals surface area contributed by atoms with Crippen molar-refractivity contribution in [2.45, 2.75) is 6.04 Å². The lowest BCUT2D eigenvalue weighted by Gasteiger charge is -2.40. The van der Waals surface area contributed by atoms with Gasteiger partial charge in [0.25, 0.3) is 5.91 Å². The summed E-state index contributed by atoms with van der Waals surface area (Å²) in [4.78, 5) is 20.0. The first-order valence-corrected chi connectivity index (χ1v) is 6.03. The molecule has 0 aromatic carbocycles. The first-order valence-electron chi connectivity index (χ1n) is 6.03. The van der Waals surface area contributed by atoms with Crippen molar-refractivity contribution in [3.05, 3.63) is 23.9 Å². The van der Waals surface area contributed by atoms with Crippen LogP contribution in [0.15, 0.2) is 18.3 Å². The van der Waals surface area contributed by atoms with Gasteiger partial charge in [-0.05, 0) is 19.2 Å². The lowest BCUT2D eigenvalue weighted by atomic mass is 10.1. The van der Waals surface area contributed by atoms with E-state index < -0.39 is 5.91 Å². The molecule has 0 aliphatic carbocycles. The third kappa shape index (κ3) is 2.44. The number of carbonyl (C=O) groups is 1. The average Bonchev–Trinajstić information content (AvgIpc) is 2.38. The molecule has 4 N–H and O–H groups in total. The Morgan fingerprint density at radius 2 is 2.33 bits per heavy atom. The summed E-state index contributed by atoms with van der Waals surface area (Å²) in [5, 5.41) is 0. The average molecular weight is 249 g/mol. The minimum atomic E-state index is -0.451. The summed E-state index contributed by atoms with van der Waals surface area (Å²) >= 11 is 0. The predicted molar refractivity (Wildman–Crippen MR) is 70.4 cm³/mol. The summed E-state index contributed by atoms with van der Waals surface area (Å²) in [6.07, 6.45) is 1.67. The molecule has 1 aromatic heterocycles. The summed E-state index contributed by atoms with van der Waals surface area (Å²) in [6, 6.07) is 3.59. The van der Waals surface area contributed by atoms with E-state index in [0.29, 0.717) is 17.9 Å². The summed E-state index contributed by atoms with van der Waals surface area (Å²) < 4.78 is 0. The van der Waals surface area contributed by atoms with Crippen LogP contribution in [-0.2, 0) is 0 Å². The zero-order chi connectivity index (χ0) is 13.1. The molecule has 1 aromatic rings. The topological polar surface area (TPSA) is 88.5 Å². The molecule has 1 fully saturated rings. The van der Waals surface area contributed by atoms with E-state index in [1.165, 1.54) is 0 Å². The second-order valence-electron chi connectivity index (χ2n) is 4.58. The molecule has 1 saturated heterocycles. The van der Waals surface area contributed by atoms with Crippen molar-refractivity contribution >= 4 is 11.7 Å². The van der Waals surface area contributed by atoms with E-state index in [4.69, 9.17) is 11.5 Å². The van der Waals surface area contributed by atoms with Gasteiger partial charge in [-0.25, -0.2) is 4.98 Å².